The lowest BCUT2D eigenvalue weighted by Gasteiger charge is -2.41. The number of hydrogen-bond donors (Lipinski definition) is 0. The number of quaternary nitrogens is 1. The number of hydrogen-bond acceptors (Lipinski definition) is 1. The first-order valence-corrected chi connectivity index (χ1v) is 4.77. The molecular formula is C9H20Br2N2. The molecule has 3 saturated heterocycles. The lowest BCUT2D eigenvalue weighted by molar-refractivity contribution is -0.932. The molecule has 3 rings (SSSR count). The summed E-state index contributed by atoms with van der Waals surface area (Å²) in [5.74, 6) is 0. The number of fused-ring (bicyclic) bond motifs is 4. The first kappa shape index (κ1) is 13.9. The fraction of sp³-hybridized carbons (Fsp3) is 1.00. The number of halogens is 2. The van der Waals surface area contributed by atoms with Crippen LogP contribution in [-0.4, -0.2) is 55.2 Å². The Morgan fingerprint density at radius 1 is 1.15 bits per heavy atom. The molecule has 3 aliphatic heterocycles. The topological polar surface area (TPSA) is 3.24 Å². The van der Waals surface area contributed by atoms with Crippen LogP contribution in [0.2, 0.25) is 0 Å². The zero-order valence-corrected chi connectivity index (χ0v) is 11.8. The lowest BCUT2D eigenvalue weighted by atomic mass is 10.2. The van der Waals surface area contributed by atoms with E-state index in [1.54, 1.807) is 0 Å². The van der Waals surface area contributed by atoms with Crippen LogP contribution in [0, 0.1) is 0 Å². The Labute approximate surface area is 102 Å². The number of likely N-dealkylation sites (N-methyl/N-ethyl adjacent to an activating group) is 1. The standard InChI is InChI=1S/C9H19N2.2BrH/c1-9-3-4-10-5-7-11(9,2)8-6-10;;/h9H,3-8H2,1-2H3;2*1H/q+1;;/p-1. The van der Waals surface area contributed by atoms with Crippen LogP contribution in [0.15, 0.2) is 0 Å². The third kappa shape index (κ3) is 2.67. The maximum atomic E-state index is 2.61. The van der Waals surface area contributed by atoms with E-state index in [0.29, 0.717) is 0 Å². The van der Waals surface area contributed by atoms with Crippen LogP contribution >= 0.6 is 17.0 Å². The van der Waals surface area contributed by atoms with E-state index in [9.17, 15) is 0 Å². The highest BCUT2D eigenvalue weighted by Crippen LogP contribution is 2.22. The van der Waals surface area contributed by atoms with E-state index < -0.39 is 0 Å². The van der Waals surface area contributed by atoms with Crippen molar-refractivity contribution in [3.05, 3.63) is 0 Å². The Balaban J connectivity index is 0.000000720. The summed E-state index contributed by atoms with van der Waals surface area (Å²) in [6.45, 7) is 9.17. The van der Waals surface area contributed by atoms with Gasteiger partial charge in [0.1, 0.15) is 0 Å². The minimum absolute atomic E-state index is 0. The summed E-state index contributed by atoms with van der Waals surface area (Å²) in [6, 6.07) is 0.891. The molecule has 1 unspecified atom stereocenters. The van der Waals surface area contributed by atoms with Gasteiger partial charge in [0, 0.05) is 26.1 Å². The summed E-state index contributed by atoms with van der Waals surface area (Å²) in [7, 11) is 2.42. The zero-order chi connectivity index (χ0) is 7.90. The van der Waals surface area contributed by atoms with Gasteiger partial charge in [-0.2, -0.15) is 0 Å². The second-order valence-corrected chi connectivity index (χ2v) is 4.41. The molecule has 4 heteroatoms. The second-order valence-electron chi connectivity index (χ2n) is 4.41. The maximum absolute atomic E-state index is 2.61. The van der Waals surface area contributed by atoms with Crippen molar-refractivity contribution in [2.75, 3.05) is 39.8 Å². The van der Waals surface area contributed by atoms with Crippen molar-refractivity contribution in [1.82, 2.24) is 4.90 Å². The van der Waals surface area contributed by atoms with E-state index in [4.69, 9.17) is 0 Å². The van der Waals surface area contributed by atoms with Gasteiger partial charge in [0.2, 0.25) is 0 Å². The minimum atomic E-state index is 0. The molecule has 0 aromatic carbocycles. The van der Waals surface area contributed by atoms with Gasteiger partial charge in [0.25, 0.3) is 0 Å². The van der Waals surface area contributed by atoms with Gasteiger partial charge in [-0.15, -0.1) is 17.0 Å². The Morgan fingerprint density at radius 2 is 1.69 bits per heavy atom. The summed E-state index contributed by atoms with van der Waals surface area (Å²) in [4.78, 5) is 2.61. The van der Waals surface area contributed by atoms with Crippen molar-refractivity contribution < 1.29 is 21.5 Å². The molecule has 0 aromatic heterocycles. The van der Waals surface area contributed by atoms with E-state index in [1.807, 2.05) is 0 Å². The van der Waals surface area contributed by atoms with Crippen molar-refractivity contribution in [3.63, 3.8) is 0 Å². The fourth-order valence-corrected chi connectivity index (χ4v) is 2.31. The molecule has 2 bridgehead atoms. The molecule has 2 nitrogen and oxygen atoms in total. The largest absolute Gasteiger partial charge is 1.00 e. The highest BCUT2D eigenvalue weighted by Gasteiger charge is 2.36. The summed E-state index contributed by atoms with van der Waals surface area (Å²) >= 11 is 0. The van der Waals surface area contributed by atoms with Crippen LogP contribution in [0.25, 0.3) is 0 Å². The molecule has 3 heterocycles. The van der Waals surface area contributed by atoms with Crippen molar-refractivity contribution in [2.45, 2.75) is 19.4 Å². The fourth-order valence-electron chi connectivity index (χ4n) is 2.31. The van der Waals surface area contributed by atoms with E-state index in [0.717, 1.165) is 6.04 Å². The first-order chi connectivity index (χ1) is 5.21. The number of piperazine rings is 1. The number of nitrogens with zero attached hydrogens (tertiary/aromatic N) is 2. The molecule has 0 spiro atoms. The summed E-state index contributed by atoms with van der Waals surface area (Å²) in [6.07, 6.45) is 1.40. The molecule has 13 heavy (non-hydrogen) atoms. The van der Waals surface area contributed by atoms with Crippen LogP contribution in [0.1, 0.15) is 13.3 Å². The van der Waals surface area contributed by atoms with Crippen LogP contribution in [0.5, 0.6) is 0 Å². The molecule has 0 amide bonds. The molecule has 0 N–H and O–H groups in total. The van der Waals surface area contributed by atoms with Gasteiger partial charge >= 0.3 is 0 Å². The van der Waals surface area contributed by atoms with E-state index in [-0.39, 0.29) is 34.0 Å². The van der Waals surface area contributed by atoms with Gasteiger partial charge in [-0.05, 0) is 6.92 Å². The van der Waals surface area contributed by atoms with Crippen molar-refractivity contribution in [2.24, 2.45) is 0 Å². The van der Waals surface area contributed by atoms with Crippen molar-refractivity contribution in [3.8, 4) is 0 Å². The van der Waals surface area contributed by atoms with E-state index in [1.165, 1.54) is 43.6 Å². The molecular weight excluding hydrogens is 296 g/mol. The van der Waals surface area contributed by atoms with Gasteiger partial charge in [0.15, 0.2) is 0 Å². The van der Waals surface area contributed by atoms with Gasteiger partial charge in [-0.25, -0.2) is 0 Å². The van der Waals surface area contributed by atoms with Crippen LogP contribution in [0.3, 0.4) is 0 Å². The average Bonchev–Trinajstić information content (AvgIpc) is 2.22. The highest BCUT2D eigenvalue weighted by atomic mass is 79.9. The molecule has 80 valence electrons. The molecule has 0 aromatic rings. The van der Waals surface area contributed by atoms with E-state index >= 15 is 0 Å². The van der Waals surface area contributed by atoms with Gasteiger partial charge in [0.05, 0.1) is 26.2 Å². The zero-order valence-electron chi connectivity index (χ0n) is 8.50. The van der Waals surface area contributed by atoms with Gasteiger partial charge < -0.3 is 21.5 Å². The predicted octanol–water partition coefficient (Wildman–Crippen LogP) is -1.88. The second kappa shape index (κ2) is 5.10. The van der Waals surface area contributed by atoms with Crippen LogP contribution in [-0.2, 0) is 0 Å². The molecule has 3 fully saturated rings. The highest BCUT2D eigenvalue weighted by molar-refractivity contribution is 8.93. The molecule has 0 radical (unpaired) electrons. The molecule has 0 saturated carbocycles. The summed E-state index contributed by atoms with van der Waals surface area (Å²) < 4.78 is 1.33. The Hall–Kier alpha value is 0.880. The summed E-state index contributed by atoms with van der Waals surface area (Å²) in [5, 5.41) is 0. The third-order valence-corrected chi connectivity index (χ3v) is 3.78. The minimum Gasteiger partial charge on any atom is -1.00 e. The van der Waals surface area contributed by atoms with Gasteiger partial charge in [-0.1, -0.05) is 0 Å². The van der Waals surface area contributed by atoms with Gasteiger partial charge in [-0.3, -0.25) is 4.90 Å². The Morgan fingerprint density at radius 3 is 2.23 bits per heavy atom. The monoisotopic (exact) mass is 314 g/mol. The Bertz CT molecular complexity index is 153. The summed E-state index contributed by atoms with van der Waals surface area (Å²) in [5.41, 5.74) is 0. The van der Waals surface area contributed by atoms with Crippen molar-refractivity contribution in [1.29, 1.82) is 0 Å². The molecule has 3 aliphatic rings. The van der Waals surface area contributed by atoms with E-state index in [2.05, 4.69) is 18.9 Å². The third-order valence-electron chi connectivity index (χ3n) is 3.78. The quantitative estimate of drug-likeness (QED) is 0.473. The lowest BCUT2D eigenvalue weighted by Crippen LogP contribution is -3.00. The average molecular weight is 316 g/mol. The first-order valence-electron chi connectivity index (χ1n) is 4.77. The normalized spacial score (nSPS) is 42.9. The van der Waals surface area contributed by atoms with Crippen molar-refractivity contribution >= 4 is 17.0 Å². The number of rotatable bonds is 0. The van der Waals surface area contributed by atoms with Crippen LogP contribution in [0.4, 0.5) is 0 Å². The smallest absolute Gasteiger partial charge is 0.0916 e. The molecule has 1 atom stereocenters. The Kier molecular flexibility index (Phi) is 5.44. The van der Waals surface area contributed by atoms with Crippen LogP contribution < -0.4 is 17.0 Å². The molecule has 0 aliphatic carbocycles. The SMILES string of the molecule is Br.CC1CCN2CC[N+]1(C)CC2.[Br-]. The maximum Gasteiger partial charge on any atom is 0.0916 e. The predicted molar refractivity (Wildman–Crippen MR) is 56.8 cm³/mol.